The maximum atomic E-state index is 13.4. The number of hydrogen-bond acceptors (Lipinski definition) is 3. The number of carbonyl (C=O) groups excluding carboxylic acids is 2. The zero-order chi connectivity index (χ0) is 19.6. The van der Waals surface area contributed by atoms with Gasteiger partial charge in [0.25, 0.3) is 0 Å². The van der Waals surface area contributed by atoms with Gasteiger partial charge in [-0.05, 0) is 51.9 Å². The van der Waals surface area contributed by atoms with Crippen LogP contribution in [0.25, 0.3) is 0 Å². The van der Waals surface area contributed by atoms with Gasteiger partial charge in [-0.25, -0.2) is 0 Å². The average molecular weight is 412 g/mol. The number of likely N-dealkylation sites (N-methyl/N-ethyl adjacent to an activating group) is 1. The van der Waals surface area contributed by atoms with E-state index in [2.05, 4.69) is 0 Å². The highest BCUT2D eigenvalue weighted by atomic mass is 35.5. The predicted octanol–water partition coefficient (Wildman–Crippen LogP) is 3.54. The first-order chi connectivity index (χ1) is 12.9. The van der Waals surface area contributed by atoms with Crippen LogP contribution in [0.15, 0.2) is 18.2 Å². The predicted molar refractivity (Wildman–Crippen MR) is 109 cm³/mol. The first-order valence-corrected chi connectivity index (χ1v) is 10.3. The second-order valence-corrected chi connectivity index (χ2v) is 8.55. The Bertz CT molecular complexity index is 706. The molecular formula is C20H27Cl2N3O2. The zero-order valence-corrected chi connectivity index (χ0v) is 17.5. The number of piperidine rings is 1. The molecule has 1 aromatic carbocycles. The minimum atomic E-state index is -0.196. The van der Waals surface area contributed by atoms with Crippen molar-refractivity contribution in [2.45, 2.75) is 25.7 Å². The summed E-state index contributed by atoms with van der Waals surface area (Å²) in [6, 6.07) is 5.36. The highest BCUT2D eigenvalue weighted by molar-refractivity contribution is 6.44. The maximum absolute atomic E-state index is 13.4. The monoisotopic (exact) mass is 411 g/mol. The SMILES string of the molecule is CN(C)CCN(C(=O)[C@@H]1CCCN(C(=O)C2CC2)C1)c1cccc(Cl)c1Cl. The highest BCUT2D eigenvalue weighted by Gasteiger charge is 2.38. The van der Waals surface area contributed by atoms with Gasteiger partial charge in [0.2, 0.25) is 11.8 Å². The fourth-order valence-corrected chi connectivity index (χ4v) is 3.94. The van der Waals surface area contributed by atoms with Crippen LogP contribution in [0.5, 0.6) is 0 Å². The summed E-state index contributed by atoms with van der Waals surface area (Å²) in [4.78, 5) is 31.5. The lowest BCUT2D eigenvalue weighted by molar-refractivity contribution is -0.136. The summed E-state index contributed by atoms with van der Waals surface area (Å²) >= 11 is 12.6. The van der Waals surface area contributed by atoms with Gasteiger partial charge in [-0.2, -0.15) is 0 Å². The smallest absolute Gasteiger partial charge is 0.231 e. The highest BCUT2D eigenvalue weighted by Crippen LogP contribution is 2.35. The van der Waals surface area contributed by atoms with Crippen LogP contribution in [-0.2, 0) is 9.59 Å². The topological polar surface area (TPSA) is 43.9 Å². The van der Waals surface area contributed by atoms with E-state index in [-0.39, 0.29) is 23.7 Å². The van der Waals surface area contributed by atoms with Crippen molar-refractivity contribution in [3.63, 3.8) is 0 Å². The standard InChI is InChI=1S/C20H27Cl2N3O2/c1-23(2)11-12-25(17-7-3-6-16(21)18(17)22)20(27)15-5-4-10-24(13-15)19(26)14-8-9-14/h3,6-7,14-15H,4-5,8-13H2,1-2H3/t15-/m1/s1. The lowest BCUT2D eigenvalue weighted by atomic mass is 9.95. The van der Waals surface area contributed by atoms with E-state index in [1.807, 2.05) is 36.0 Å². The summed E-state index contributed by atoms with van der Waals surface area (Å²) in [5.74, 6) is 0.229. The Morgan fingerprint density at radius 1 is 1.11 bits per heavy atom. The molecule has 5 nitrogen and oxygen atoms in total. The fourth-order valence-electron chi connectivity index (χ4n) is 3.54. The van der Waals surface area contributed by atoms with Crippen LogP contribution in [0.4, 0.5) is 5.69 Å². The van der Waals surface area contributed by atoms with E-state index < -0.39 is 0 Å². The molecule has 1 aliphatic carbocycles. The van der Waals surface area contributed by atoms with Gasteiger partial charge >= 0.3 is 0 Å². The van der Waals surface area contributed by atoms with Gasteiger partial charge in [0.05, 0.1) is 21.7 Å². The second-order valence-electron chi connectivity index (χ2n) is 7.76. The number of halogens is 2. The molecule has 0 radical (unpaired) electrons. The van der Waals surface area contributed by atoms with Crippen LogP contribution in [0.2, 0.25) is 10.0 Å². The number of nitrogens with zero attached hydrogens (tertiary/aromatic N) is 3. The average Bonchev–Trinajstić information content (AvgIpc) is 3.49. The summed E-state index contributed by atoms with van der Waals surface area (Å²) in [6.07, 6.45) is 3.63. The molecule has 148 valence electrons. The Balaban J connectivity index is 1.79. The van der Waals surface area contributed by atoms with Crippen LogP contribution >= 0.6 is 23.2 Å². The van der Waals surface area contributed by atoms with E-state index >= 15 is 0 Å². The van der Waals surface area contributed by atoms with E-state index in [1.54, 1.807) is 11.0 Å². The molecule has 7 heteroatoms. The molecule has 2 aliphatic rings. The molecule has 27 heavy (non-hydrogen) atoms. The molecule has 1 atom stereocenters. The molecular weight excluding hydrogens is 385 g/mol. The van der Waals surface area contributed by atoms with Crippen LogP contribution < -0.4 is 4.90 Å². The van der Waals surface area contributed by atoms with E-state index in [4.69, 9.17) is 23.2 Å². The number of hydrogen-bond donors (Lipinski definition) is 0. The zero-order valence-electron chi connectivity index (χ0n) is 16.0. The second kappa shape index (κ2) is 8.80. The molecule has 0 bridgehead atoms. The summed E-state index contributed by atoms with van der Waals surface area (Å²) in [5.41, 5.74) is 0.640. The number of amides is 2. The van der Waals surface area contributed by atoms with Gasteiger partial charge in [0.1, 0.15) is 0 Å². The van der Waals surface area contributed by atoms with Crippen molar-refractivity contribution in [2.75, 3.05) is 45.2 Å². The van der Waals surface area contributed by atoms with Crippen molar-refractivity contribution in [2.24, 2.45) is 11.8 Å². The third kappa shape index (κ3) is 4.95. The molecule has 0 unspecified atom stereocenters. The van der Waals surface area contributed by atoms with E-state index in [1.165, 1.54) is 0 Å². The fraction of sp³-hybridized carbons (Fsp3) is 0.600. The molecule has 1 heterocycles. The summed E-state index contributed by atoms with van der Waals surface area (Å²) in [7, 11) is 3.94. The van der Waals surface area contributed by atoms with Crippen molar-refractivity contribution in [3.8, 4) is 0 Å². The van der Waals surface area contributed by atoms with Crippen LogP contribution in [0.3, 0.4) is 0 Å². The molecule has 2 fully saturated rings. The Hall–Kier alpha value is -1.30. The van der Waals surface area contributed by atoms with E-state index in [0.29, 0.717) is 35.4 Å². The molecule has 1 saturated heterocycles. The number of anilines is 1. The summed E-state index contributed by atoms with van der Waals surface area (Å²) in [5, 5.41) is 0.832. The Kier molecular flexibility index (Phi) is 6.66. The van der Waals surface area contributed by atoms with Crippen LogP contribution in [0.1, 0.15) is 25.7 Å². The number of rotatable bonds is 6. The van der Waals surface area contributed by atoms with Gasteiger partial charge in [0.15, 0.2) is 0 Å². The molecule has 1 aromatic rings. The van der Waals surface area contributed by atoms with Gasteiger partial charge in [0, 0.05) is 32.1 Å². The van der Waals surface area contributed by atoms with Gasteiger partial charge in [-0.3, -0.25) is 9.59 Å². The van der Waals surface area contributed by atoms with Crippen molar-refractivity contribution in [1.82, 2.24) is 9.80 Å². The lowest BCUT2D eigenvalue weighted by Gasteiger charge is -2.35. The first-order valence-electron chi connectivity index (χ1n) is 9.57. The van der Waals surface area contributed by atoms with E-state index in [9.17, 15) is 9.59 Å². The summed E-state index contributed by atoms with van der Waals surface area (Å²) in [6.45, 7) is 2.50. The summed E-state index contributed by atoms with van der Waals surface area (Å²) < 4.78 is 0. The number of carbonyl (C=O) groups is 2. The van der Waals surface area contributed by atoms with Crippen molar-refractivity contribution >= 4 is 40.7 Å². The largest absolute Gasteiger partial charge is 0.342 e. The minimum absolute atomic E-state index is 0.0225. The van der Waals surface area contributed by atoms with Crippen LogP contribution in [0, 0.1) is 11.8 Å². The van der Waals surface area contributed by atoms with Crippen molar-refractivity contribution in [3.05, 3.63) is 28.2 Å². The maximum Gasteiger partial charge on any atom is 0.231 e. The number of likely N-dealkylation sites (tertiary alicyclic amines) is 1. The van der Waals surface area contributed by atoms with Crippen molar-refractivity contribution in [1.29, 1.82) is 0 Å². The van der Waals surface area contributed by atoms with Crippen LogP contribution in [-0.4, -0.2) is 61.9 Å². The van der Waals surface area contributed by atoms with Gasteiger partial charge < -0.3 is 14.7 Å². The normalized spacial score (nSPS) is 20.0. The quantitative estimate of drug-likeness (QED) is 0.718. The molecule has 0 spiro atoms. The Labute approximate surface area is 171 Å². The Morgan fingerprint density at radius 3 is 2.52 bits per heavy atom. The molecule has 0 aromatic heterocycles. The third-order valence-corrected chi connectivity index (χ3v) is 6.08. The minimum Gasteiger partial charge on any atom is -0.342 e. The van der Waals surface area contributed by atoms with Gasteiger partial charge in [-0.15, -0.1) is 0 Å². The van der Waals surface area contributed by atoms with Gasteiger partial charge in [-0.1, -0.05) is 29.3 Å². The molecule has 2 amide bonds. The lowest BCUT2D eigenvalue weighted by Crippen LogP contribution is -2.48. The first kappa shape index (κ1) is 20.4. The molecule has 0 N–H and O–H groups in total. The van der Waals surface area contributed by atoms with Crippen molar-refractivity contribution < 1.29 is 9.59 Å². The molecule has 3 rings (SSSR count). The molecule has 1 saturated carbocycles. The third-order valence-electron chi connectivity index (χ3n) is 5.27. The Morgan fingerprint density at radius 2 is 1.85 bits per heavy atom. The molecule has 1 aliphatic heterocycles. The number of benzene rings is 1. The van der Waals surface area contributed by atoms with E-state index in [0.717, 1.165) is 32.2 Å².